The Bertz CT molecular complexity index is 254. The second-order valence-corrected chi connectivity index (χ2v) is 5.54. The van der Waals surface area contributed by atoms with Crippen molar-refractivity contribution in [1.82, 2.24) is 5.43 Å². The average molecular weight is 253 g/mol. The van der Waals surface area contributed by atoms with Crippen molar-refractivity contribution in [2.75, 3.05) is 6.61 Å². The van der Waals surface area contributed by atoms with Crippen LogP contribution in [-0.4, -0.2) is 24.6 Å². The molecular weight excluding hydrogens is 226 g/mol. The third kappa shape index (κ3) is 4.58. The van der Waals surface area contributed by atoms with Crippen LogP contribution in [0, 0.1) is 0 Å². The van der Waals surface area contributed by atoms with E-state index >= 15 is 0 Å². The van der Waals surface area contributed by atoms with E-state index in [1.807, 2.05) is 0 Å². The lowest BCUT2D eigenvalue weighted by atomic mass is 10.1. The molecule has 0 aromatic rings. The van der Waals surface area contributed by atoms with E-state index in [0.29, 0.717) is 12.1 Å². The summed E-state index contributed by atoms with van der Waals surface area (Å²) in [5.74, 6) is 6.56. The van der Waals surface area contributed by atoms with Crippen molar-refractivity contribution in [3.05, 3.63) is 0 Å². The fraction of sp³-hybridized carbons (Fsp3) is 0.929. The maximum absolute atomic E-state index is 5.63. The van der Waals surface area contributed by atoms with Gasteiger partial charge in [0.05, 0.1) is 12.1 Å². The molecule has 0 amide bonds. The predicted molar refractivity (Wildman–Crippen MR) is 74.5 cm³/mol. The molecule has 4 nitrogen and oxygen atoms in total. The van der Waals surface area contributed by atoms with E-state index in [0.717, 1.165) is 25.3 Å². The van der Waals surface area contributed by atoms with E-state index in [1.165, 1.54) is 51.4 Å². The summed E-state index contributed by atoms with van der Waals surface area (Å²) in [4.78, 5) is 4.80. The molecule has 4 heteroatoms. The van der Waals surface area contributed by atoms with Crippen molar-refractivity contribution >= 4 is 5.84 Å². The Kier molecular flexibility index (Phi) is 5.94. The zero-order valence-corrected chi connectivity index (χ0v) is 11.4. The molecule has 2 rings (SSSR count). The van der Waals surface area contributed by atoms with Crippen LogP contribution in [0.5, 0.6) is 0 Å². The summed E-state index contributed by atoms with van der Waals surface area (Å²) in [5, 5.41) is 0. The zero-order chi connectivity index (χ0) is 12.6. The second-order valence-electron chi connectivity index (χ2n) is 5.54. The van der Waals surface area contributed by atoms with Crippen molar-refractivity contribution in [2.24, 2.45) is 10.8 Å². The van der Waals surface area contributed by atoms with Gasteiger partial charge in [-0.2, -0.15) is 0 Å². The maximum Gasteiger partial charge on any atom is 0.111 e. The summed E-state index contributed by atoms with van der Waals surface area (Å²) in [7, 11) is 0. The van der Waals surface area contributed by atoms with E-state index in [2.05, 4.69) is 5.43 Å². The van der Waals surface area contributed by atoms with Gasteiger partial charge in [0, 0.05) is 13.0 Å². The minimum Gasteiger partial charge on any atom is -0.378 e. The van der Waals surface area contributed by atoms with E-state index in [9.17, 15) is 0 Å². The number of amidine groups is 1. The van der Waals surface area contributed by atoms with Crippen LogP contribution in [0.3, 0.4) is 0 Å². The molecule has 1 unspecified atom stereocenters. The van der Waals surface area contributed by atoms with Gasteiger partial charge < -0.3 is 10.2 Å². The summed E-state index contributed by atoms with van der Waals surface area (Å²) in [6, 6.07) is 0.489. The molecule has 1 aliphatic heterocycles. The topological polar surface area (TPSA) is 59.6 Å². The Morgan fingerprint density at radius 2 is 1.89 bits per heavy atom. The van der Waals surface area contributed by atoms with Crippen LogP contribution >= 0.6 is 0 Å². The minimum atomic E-state index is 0.428. The number of nitrogens with one attached hydrogen (secondary N) is 1. The number of hydrazine groups is 1. The molecule has 1 aliphatic carbocycles. The molecule has 1 saturated carbocycles. The summed E-state index contributed by atoms with van der Waals surface area (Å²) in [5.41, 5.74) is 2.79. The van der Waals surface area contributed by atoms with Crippen molar-refractivity contribution < 1.29 is 4.74 Å². The van der Waals surface area contributed by atoms with Crippen molar-refractivity contribution in [2.45, 2.75) is 76.4 Å². The van der Waals surface area contributed by atoms with Gasteiger partial charge in [0.1, 0.15) is 5.84 Å². The summed E-state index contributed by atoms with van der Waals surface area (Å²) in [6.45, 7) is 0.926. The zero-order valence-electron chi connectivity index (χ0n) is 11.4. The molecule has 1 saturated heterocycles. The van der Waals surface area contributed by atoms with Crippen LogP contribution in [0.15, 0.2) is 4.99 Å². The van der Waals surface area contributed by atoms with Gasteiger partial charge in [-0.3, -0.25) is 4.99 Å². The first kappa shape index (κ1) is 13.8. The van der Waals surface area contributed by atoms with Gasteiger partial charge in [-0.15, -0.1) is 0 Å². The summed E-state index contributed by atoms with van der Waals surface area (Å²) in [6.07, 6.45) is 12.6. The highest BCUT2D eigenvalue weighted by Gasteiger charge is 2.17. The lowest BCUT2D eigenvalue weighted by Crippen LogP contribution is -2.32. The first-order valence-corrected chi connectivity index (χ1v) is 7.53. The van der Waals surface area contributed by atoms with E-state index < -0.39 is 0 Å². The predicted octanol–water partition coefficient (Wildman–Crippen LogP) is 2.53. The molecule has 2 aliphatic rings. The van der Waals surface area contributed by atoms with E-state index in [4.69, 9.17) is 15.6 Å². The molecule has 104 valence electrons. The van der Waals surface area contributed by atoms with Gasteiger partial charge in [-0.05, 0) is 32.1 Å². The van der Waals surface area contributed by atoms with Crippen molar-refractivity contribution in [3.63, 3.8) is 0 Å². The number of ether oxygens (including phenoxy) is 1. The summed E-state index contributed by atoms with van der Waals surface area (Å²) < 4.78 is 5.63. The van der Waals surface area contributed by atoms with Crippen LogP contribution < -0.4 is 11.3 Å². The molecule has 0 aromatic heterocycles. The minimum absolute atomic E-state index is 0.428. The lowest BCUT2D eigenvalue weighted by Gasteiger charge is -2.14. The highest BCUT2D eigenvalue weighted by molar-refractivity contribution is 5.81. The highest BCUT2D eigenvalue weighted by atomic mass is 16.5. The van der Waals surface area contributed by atoms with Gasteiger partial charge in [0.2, 0.25) is 0 Å². The monoisotopic (exact) mass is 253 g/mol. The van der Waals surface area contributed by atoms with Gasteiger partial charge >= 0.3 is 0 Å². The lowest BCUT2D eigenvalue weighted by molar-refractivity contribution is 0.106. The Balaban J connectivity index is 1.77. The fourth-order valence-corrected chi connectivity index (χ4v) is 2.95. The number of aliphatic imine (C=N–C) groups is 1. The van der Waals surface area contributed by atoms with Crippen LogP contribution in [0.25, 0.3) is 0 Å². The molecule has 0 aromatic carbocycles. The second kappa shape index (κ2) is 7.74. The third-order valence-electron chi connectivity index (χ3n) is 4.06. The van der Waals surface area contributed by atoms with Crippen molar-refractivity contribution in [3.8, 4) is 0 Å². The Labute approximate surface area is 110 Å². The van der Waals surface area contributed by atoms with Gasteiger partial charge in [0.25, 0.3) is 0 Å². The standard InChI is InChI=1S/C14H27N3O/c15-17-14(10-9-13-8-5-11-18-13)16-12-6-3-1-2-4-7-12/h12-13H,1-11,15H2,(H,16,17). The SMILES string of the molecule is NNC(CCC1CCCO1)=NC1CCCCCC1. The Hall–Kier alpha value is -0.610. The van der Waals surface area contributed by atoms with Gasteiger partial charge in [-0.1, -0.05) is 25.7 Å². The first-order valence-electron chi connectivity index (χ1n) is 7.53. The van der Waals surface area contributed by atoms with Crippen LogP contribution in [0.1, 0.15) is 64.2 Å². The van der Waals surface area contributed by atoms with Gasteiger partial charge in [-0.25, -0.2) is 5.84 Å². The van der Waals surface area contributed by atoms with Crippen molar-refractivity contribution in [1.29, 1.82) is 0 Å². The number of hydrogen-bond acceptors (Lipinski definition) is 3. The molecule has 0 spiro atoms. The normalized spacial score (nSPS) is 27.2. The number of hydrogen-bond donors (Lipinski definition) is 2. The Morgan fingerprint density at radius 1 is 1.11 bits per heavy atom. The smallest absolute Gasteiger partial charge is 0.111 e. The number of rotatable bonds is 4. The highest BCUT2D eigenvalue weighted by Crippen LogP contribution is 2.21. The molecule has 18 heavy (non-hydrogen) atoms. The van der Waals surface area contributed by atoms with Crippen LogP contribution in [0.2, 0.25) is 0 Å². The molecule has 0 radical (unpaired) electrons. The first-order chi connectivity index (χ1) is 8.88. The average Bonchev–Trinajstić information content (AvgIpc) is 2.78. The molecule has 3 N–H and O–H groups in total. The molecule has 1 atom stereocenters. The molecular formula is C14H27N3O. The fourth-order valence-electron chi connectivity index (χ4n) is 2.95. The summed E-state index contributed by atoms with van der Waals surface area (Å²) >= 11 is 0. The molecule has 0 bridgehead atoms. The third-order valence-corrected chi connectivity index (χ3v) is 4.06. The largest absolute Gasteiger partial charge is 0.378 e. The van der Waals surface area contributed by atoms with Crippen LogP contribution in [-0.2, 0) is 4.74 Å². The number of nitrogens with zero attached hydrogens (tertiary/aromatic N) is 1. The quantitative estimate of drug-likeness (QED) is 0.266. The van der Waals surface area contributed by atoms with Crippen LogP contribution in [0.4, 0.5) is 0 Å². The maximum atomic E-state index is 5.63. The van der Waals surface area contributed by atoms with E-state index in [1.54, 1.807) is 0 Å². The van der Waals surface area contributed by atoms with E-state index in [-0.39, 0.29) is 0 Å². The molecule has 1 heterocycles. The Morgan fingerprint density at radius 3 is 2.50 bits per heavy atom. The van der Waals surface area contributed by atoms with Gasteiger partial charge in [0.15, 0.2) is 0 Å². The number of nitrogens with two attached hydrogens (primary N) is 1. The molecule has 2 fully saturated rings.